The number of rotatable bonds is 5. The lowest BCUT2D eigenvalue weighted by Gasteiger charge is -2.38. The van der Waals surface area contributed by atoms with E-state index in [-0.39, 0.29) is 5.69 Å². The van der Waals surface area contributed by atoms with E-state index in [2.05, 4.69) is 34.0 Å². The number of nitrogens with zero attached hydrogens (tertiary/aromatic N) is 5. The van der Waals surface area contributed by atoms with Crippen LogP contribution < -0.4 is 10.2 Å². The summed E-state index contributed by atoms with van der Waals surface area (Å²) in [5.41, 5.74) is -0.0361. The van der Waals surface area contributed by atoms with Gasteiger partial charge >= 0.3 is 5.69 Å². The second-order valence-electron chi connectivity index (χ2n) is 5.19. The lowest BCUT2D eigenvalue weighted by Crippen LogP contribution is -2.49. The predicted molar refractivity (Wildman–Crippen MR) is 81.8 cm³/mol. The van der Waals surface area contributed by atoms with Gasteiger partial charge in [0.25, 0.3) is 0 Å². The summed E-state index contributed by atoms with van der Waals surface area (Å²) in [5, 5.41) is 14.0. The van der Waals surface area contributed by atoms with E-state index < -0.39 is 4.92 Å². The summed E-state index contributed by atoms with van der Waals surface area (Å²) in [5.74, 6) is 0.808. The Balaban J connectivity index is 2.17. The van der Waals surface area contributed by atoms with E-state index in [1.54, 1.807) is 7.05 Å². The molecule has 8 nitrogen and oxygen atoms in total. The molecule has 1 N–H and O–H groups in total. The maximum atomic E-state index is 11.2. The first-order valence-electron chi connectivity index (χ1n) is 7.25. The zero-order valence-corrected chi connectivity index (χ0v) is 12.7. The van der Waals surface area contributed by atoms with E-state index in [9.17, 15) is 10.1 Å². The van der Waals surface area contributed by atoms with Crippen LogP contribution in [0.15, 0.2) is 6.20 Å². The molecule has 1 aromatic rings. The van der Waals surface area contributed by atoms with E-state index in [0.29, 0.717) is 17.8 Å². The number of hydrogen-bond donors (Lipinski definition) is 1. The molecule has 0 bridgehead atoms. The van der Waals surface area contributed by atoms with Crippen molar-refractivity contribution >= 4 is 17.5 Å². The molecule has 0 aromatic carbocycles. The molecule has 1 atom stereocenters. The van der Waals surface area contributed by atoms with Gasteiger partial charge in [-0.3, -0.25) is 15.0 Å². The minimum atomic E-state index is -0.421. The monoisotopic (exact) mass is 294 g/mol. The van der Waals surface area contributed by atoms with Crippen LogP contribution in [0.5, 0.6) is 0 Å². The smallest absolute Gasteiger partial charge is 0.329 e. The van der Waals surface area contributed by atoms with Gasteiger partial charge in [0, 0.05) is 39.3 Å². The Labute approximate surface area is 124 Å². The maximum Gasteiger partial charge on any atom is 0.329 e. The average molecular weight is 294 g/mol. The van der Waals surface area contributed by atoms with Crippen molar-refractivity contribution in [2.75, 3.05) is 43.4 Å². The molecule has 1 aromatic heterocycles. The molecule has 1 saturated heterocycles. The SMILES string of the molecule is CCC(C)N1CCN(c2nc(NC)ncc2[N+](=O)[O-])CC1. The third-order valence-corrected chi connectivity index (χ3v) is 4.00. The van der Waals surface area contributed by atoms with Crippen molar-refractivity contribution in [2.24, 2.45) is 0 Å². The average Bonchev–Trinajstić information content (AvgIpc) is 2.53. The Morgan fingerprint density at radius 3 is 2.62 bits per heavy atom. The van der Waals surface area contributed by atoms with E-state index in [0.717, 1.165) is 32.6 Å². The highest BCUT2D eigenvalue weighted by molar-refractivity contribution is 5.59. The highest BCUT2D eigenvalue weighted by Crippen LogP contribution is 2.27. The van der Waals surface area contributed by atoms with Crippen LogP contribution in [-0.2, 0) is 0 Å². The summed E-state index contributed by atoms with van der Waals surface area (Å²) < 4.78 is 0. The van der Waals surface area contributed by atoms with Gasteiger partial charge in [-0.2, -0.15) is 4.98 Å². The molecule has 2 heterocycles. The van der Waals surface area contributed by atoms with Gasteiger partial charge in [-0.25, -0.2) is 4.98 Å². The molecule has 0 aliphatic carbocycles. The summed E-state index contributed by atoms with van der Waals surface area (Å²) in [6, 6.07) is 0.542. The lowest BCUT2D eigenvalue weighted by molar-refractivity contribution is -0.384. The van der Waals surface area contributed by atoms with Crippen molar-refractivity contribution in [2.45, 2.75) is 26.3 Å². The van der Waals surface area contributed by atoms with Gasteiger partial charge in [-0.15, -0.1) is 0 Å². The van der Waals surface area contributed by atoms with Crippen molar-refractivity contribution in [3.05, 3.63) is 16.3 Å². The van der Waals surface area contributed by atoms with Crippen LogP contribution in [-0.4, -0.2) is 59.1 Å². The number of hydrogen-bond acceptors (Lipinski definition) is 7. The summed E-state index contributed by atoms with van der Waals surface area (Å²) >= 11 is 0. The second-order valence-corrected chi connectivity index (χ2v) is 5.19. The van der Waals surface area contributed by atoms with Crippen LogP contribution in [0.1, 0.15) is 20.3 Å². The Morgan fingerprint density at radius 2 is 2.10 bits per heavy atom. The highest BCUT2D eigenvalue weighted by atomic mass is 16.6. The lowest BCUT2D eigenvalue weighted by atomic mass is 10.2. The van der Waals surface area contributed by atoms with Crippen molar-refractivity contribution in [3.8, 4) is 0 Å². The molecule has 116 valence electrons. The van der Waals surface area contributed by atoms with Gasteiger partial charge in [-0.1, -0.05) is 6.92 Å². The summed E-state index contributed by atoms with van der Waals surface area (Å²) in [6.45, 7) is 7.65. The number of aromatic nitrogens is 2. The van der Waals surface area contributed by atoms with Crippen LogP contribution in [0.2, 0.25) is 0 Å². The Bertz CT molecular complexity index is 501. The van der Waals surface area contributed by atoms with E-state index >= 15 is 0 Å². The Kier molecular flexibility index (Phi) is 4.89. The van der Waals surface area contributed by atoms with Gasteiger partial charge in [0.1, 0.15) is 6.20 Å². The van der Waals surface area contributed by atoms with Crippen LogP contribution >= 0.6 is 0 Å². The van der Waals surface area contributed by atoms with E-state index in [1.807, 2.05) is 4.90 Å². The zero-order valence-electron chi connectivity index (χ0n) is 12.7. The van der Waals surface area contributed by atoms with E-state index in [1.165, 1.54) is 6.20 Å². The molecule has 0 amide bonds. The van der Waals surface area contributed by atoms with Crippen LogP contribution in [0.25, 0.3) is 0 Å². The van der Waals surface area contributed by atoms with Crippen molar-refractivity contribution < 1.29 is 4.92 Å². The number of anilines is 2. The zero-order chi connectivity index (χ0) is 15.4. The topological polar surface area (TPSA) is 87.4 Å². The molecule has 0 radical (unpaired) electrons. The summed E-state index contributed by atoms with van der Waals surface area (Å²) in [7, 11) is 1.70. The van der Waals surface area contributed by atoms with Crippen LogP contribution in [0.3, 0.4) is 0 Å². The number of nitrogens with one attached hydrogen (secondary N) is 1. The molecule has 2 rings (SSSR count). The molecule has 21 heavy (non-hydrogen) atoms. The van der Waals surface area contributed by atoms with Gasteiger partial charge in [-0.05, 0) is 13.3 Å². The number of nitro groups is 1. The second kappa shape index (κ2) is 6.66. The normalized spacial score (nSPS) is 17.6. The largest absolute Gasteiger partial charge is 0.357 e. The molecule has 8 heteroatoms. The third kappa shape index (κ3) is 3.38. The number of piperazine rings is 1. The van der Waals surface area contributed by atoms with E-state index in [4.69, 9.17) is 0 Å². The fourth-order valence-electron chi connectivity index (χ4n) is 2.48. The molecule has 1 unspecified atom stereocenters. The van der Waals surface area contributed by atoms with Crippen LogP contribution in [0.4, 0.5) is 17.5 Å². The van der Waals surface area contributed by atoms with Crippen molar-refractivity contribution in [1.29, 1.82) is 0 Å². The molecule has 0 spiro atoms. The summed E-state index contributed by atoms with van der Waals surface area (Å²) in [4.78, 5) is 23.3. The van der Waals surface area contributed by atoms with Gasteiger partial charge in [0.2, 0.25) is 11.8 Å². The predicted octanol–water partition coefficient (Wildman–Crippen LogP) is 1.35. The van der Waals surface area contributed by atoms with Crippen LogP contribution in [0, 0.1) is 10.1 Å². The third-order valence-electron chi connectivity index (χ3n) is 4.00. The molecular weight excluding hydrogens is 272 g/mol. The van der Waals surface area contributed by atoms with Gasteiger partial charge < -0.3 is 10.2 Å². The fraction of sp³-hybridized carbons (Fsp3) is 0.692. The Hall–Kier alpha value is -1.96. The first-order valence-corrected chi connectivity index (χ1v) is 7.25. The molecule has 1 aliphatic heterocycles. The van der Waals surface area contributed by atoms with Crippen molar-refractivity contribution in [1.82, 2.24) is 14.9 Å². The van der Waals surface area contributed by atoms with Crippen molar-refractivity contribution in [3.63, 3.8) is 0 Å². The van der Waals surface area contributed by atoms with Gasteiger partial charge in [0.05, 0.1) is 4.92 Å². The first kappa shape index (κ1) is 15.4. The minimum absolute atomic E-state index is 0.0361. The quantitative estimate of drug-likeness (QED) is 0.647. The molecule has 0 saturated carbocycles. The fourth-order valence-corrected chi connectivity index (χ4v) is 2.48. The summed E-state index contributed by atoms with van der Waals surface area (Å²) in [6.07, 6.45) is 2.38. The Morgan fingerprint density at radius 1 is 1.43 bits per heavy atom. The molecule has 1 aliphatic rings. The molecule has 1 fully saturated rings. The van der Waals surface area contributed by atoms with Gasteiger partial charge in [0.15, 0.2) is 0 Å². The molecular formula is C13H22N6O2. The maximum absolute atomic E-state index is 11.2. The minimum Gasteiger partial charge on any atom is -0.357 e. The highest BCUT2D eigenvalue weighted by Gasteiger charge is 2.27. The standard InChI is InChI=1S/C13H22N6O2/c1-4-10(2)17-5-7-18(8-6-17)12-11(19(20)21)9-15-13(14-3)16-12/h9-10H,4-8H2,1-3H3,(H,14,15,16). The first-order chi connectivity index (χ1) is 10.1.